The summed E-state index contributed by atoms with van der Waals surface area (Å²) in [5, 5.41) is 0. The summed E-state index contributed by atoms with van der Waals surface area (Å²) in [6.45, 7) is 0. The quantitative estimate of drug-likeness (QED) is 0.764. The first-order chi connectivity index (χ1) is 13.6. The van der Waals surface area contributed by atoms with Crippen LogP contribution in [0.2, 0.25) is 0 Å². The highest BCUT2D eigenvalue weighted by atomic mass is 16.5. The summed E-state index contributed by atoms with van der Waals surface area (Å²) >= 11 is 0. The van der Waals surface area contributed by atoms with Crippen LogP contribution >= 0.6 is 0 Å². The van der Waals surface area contributed by atoms with Gasteiger partial charge in [-0.15, -0.1) is 0 Å². The van der Waals surface area contributed by atoms with E-state index in [4.69, 9.17) is 9.47 Å². The maximum absolute atomic E-state index is 13.4. The minimum absolute atomic E-state index is 0.0828. The highest BCUT2D eigenvalue weighted by Crippen LogP contribution is 2.62. The lowest BCUT2D eigenvalue weighted by Crippen LogP contribution is -2.33. The number of ether oxygens (including phenoxy) is 2. The number of anilines is 1. The topological polar surface area (TPSA) is 55.8 Å². The van der Waals surface area contributed by atoms with Crippen molar-refractivity contribution in [1.82, 2.24) is 0 Å². The molecule has 3 fully saturated rings. The molecule has 2 amide bonds. The predicted octanol–water partition coefficient (Wildman–Crippen LogP) is 3.63. The number of fused-ring (bicyclic) bond motifs is 5. The Morgan fingerprint density at radius 1 is 0.893 bits per heavy atom. The van der Waals surface area contributed by atoms with Gasteiger partial charge in [0.25, 0.3) is 0 Å². The third kappa shape index (κ3) is 2.32. The average Bonchev–Trinajstić information content (AvgIpc) is 3.39. The van der Waals surface area contributed by atoms with Crippen molar-refractivity contribution in [3.05, 3.63) is 54.1 Å². The molecule has 0 aromatic heterocycles. The Bertz CT molecular complexity index is 941. The molecule has 3 aliphatic rings. The van der Waals surface area contributed by atoms with Crippen LogP contribution in [0.15, 0.2) is 48.5 Å². The van der Waals surface area contributed by atoms with E-state index >= 15 is 0 Å². The molecule has 5 atom stereocenters. The highest BCUT2D eigenvalue weighted by Gasteiger charge is 2.64. The van der Waals surface area contributed by atoms with Crippen LogP contribution in [-0.2, 0) is 9.59 Å². The molecule has 5 heteroatoms. The smallest absolute Gasteiger partial charge is 0.238 e. The van der Waals surface area contributed by atoms with Gasteiger partial charge in [0.15, 0.2) is 0 Å². The predicted molar refractivity (Wildman–Crippen MR) is 104 cm³/mol. The molecular weight excluding hydrogens is 354 g/mol. The molecular formula is C23H23NO4. The van der Waals surface area contributed by atoms with Gasteiger partial charge in [-0.05, 0) is 48.3 Å². The summed E-state index contributed by atoms with van der Waals surface area (Å²) in [5.41, 5.74) is 1.77. The van der Waals surface area contributed by atoms with Crippen molar-refractivity contribution in [2.75, 3.05) is 19.1 Å². The number of carbonyl (C=O) groups is 2. The molecule has 5 rings (SSSR count). The molecule has 0 spiro atoms. The summed E-state index contributed by atoms with van der Waals surface area (Å²) < 4.78 is 10.7. The van der Waals surface area contributed by atoms with Gasteiger partial charge in [0.05, 0.1) is 31.7 Å². The molecule has 144 valence electrons. The van der Waals surface area contributed by atoms with Crippen LogP contribution in [0.1, 0.15) is 24.3 Å². The van der Waals surface area contributed by atoms with E-state index in [2.05, 4.69) is 12.1 Å². The molecule has 1 saturated heterocycles. The third-order valence-electron chi connectivity index (χ3n) is 6.87. The molecule has 2 aromatic rings. The fraction of sp³-hybridized carbons (Fsp3) is 0.391. The Morgan fingerprint density at radius 2 is 1.64 bits per heavy atom. The minimum Gasteiger partial charge on any atom is -0.497 e. The van der Waals surface area contributed by atoms with Gasteiger partial charge in [-0.25, -0.2) is 4.90 Å². The van der Waals surface area contributed by atoms with Crippen LogP contribution in [0.3, 0.4) is 0 Å². The lowest BCUT2D eigenvalue weighted by Gasteiger charge is -2.28. The van der Waals surface area contributed by atoms with Crippen LogP contribution in [0, 0.1) is 23.7 Å². The second-order valence-electron chi connectivity index (χ2n) is 8.01. The first kappa shape index (κ1) is 17.3. The van der Waals surface area contributed by atoms with E-state index < -0.39 is 0 Å². The van der Waals surface area contributed by atoms with E-state index in [-0.39, 0.29) is 35.5 Å². The SMILES string of the molecule is COc1ccc(OC)c(N2C(=O)C3C4CC(c5ccccc5)C(C4)C3C2=O)c1. The molecule has 1 heterocycles. The molecule has 2 bridgehead atoms. The molecule has 0 radical (unpaired) electrons. The molecule has 2 saturated carbocycles. The fourth-order valence-electron chi connectivity index (χ4n) is 5.75. The molecule has 2 aliphatic carbocycles. The number of rotatable bonds is 4. The third-order valence-corrected chi connectivity index (χ3v) is 6.87. The molecule has 1 aliphatic heterocycles. The Morgan fingerprint density at radius 3 is 2.36 bits per heavy atom. The van der Waals surface area contributed by atoms with Crippen molar-refractivity contribution in [2.24, 2.45) is 23.7 Å². The minimum atomic E-state index is -0.229. The van der Waals surface area contributed by atoms with Gasteiger partial charge in [-0.2, -0.15) is 0 Å². The first-order valence-corrected chi connectivity index (χ1v) is 9.78. The number of methoxy groups -OCH3 is 2. The summed E-state index contributed by atoms with van der Waals surface area (Å²) in [4.78, 5) is 28.1. The maximum atomic E-state index is 13.4. The zero-order valence-electron chi connectivity index (χ0n) is 16.0. The number of nitrogens with zero attached hydrogens (tertiary/aromatic N) is 1. The van der Waals surface area contributed by atoms with E-state index in [1.165, 1.54) is 10.5 Å². The number of hydrogen-bond donors (Lipinski definition) is 0. The molecule has 5 unspecified atom stereocenters. The van der Waals surface area contributed by atoms with Gasteiger partial charge >= 0.3 is 0 Å². The molecule has 5 nitrogen and oxygen atoms in total. The second-order valence-corrected chi connectivity index (χ2v) is 8.01. The average molecular weight is 377 g/mol. The van der Waals surface area contributed by atoms with Crippen LogP contribution < -0.4 is 14.4 Å². The summed E-state index contributed by atoms with van der Waals surface area (Å²) in [7, 11) is 3.12. The van der Waals surface area contributed by atoms with Crippen LogP contribution in [0.4, 0.5) is 5.69 Å². The van der Waals surface area contributed by atoms with E-state index in [1.807, 2.05) is 18.2 Å². The highest BCUT2D eigenvalue weighted by molar-refractivity contribution is 6.23. The first-order valence-electron chi connectivity index (χ1n) is 9.78. The summed E-state index contributed by atoms with van der Waals surface area (Å²) in [5.74, 6) is 1.37. The van der Waals surface area contributed by atoms with Crippen molar-refractivity contribution in [1.29, 1.82) is 0 Å². The van der Waals surface area contributed by atoms with Gasteiger partial charge in [0.2, 0.25) is 11.8 Å². The standard InChI is InChI=1S/C23H23NO4/c1-27-15-8-9-19(28-2)18(12-15)24-22(25)20-14-10-16(13-6-4-3-5-7-13)17(11-14)21(20)23(24)26/h3-9,12,14,16-17,20-21H,10-11H2,1-2H3. The van der Waals surface area contributed by atoms with Crippen LogP contribution in [-0.4, -0.2) is 26.0 Å². The van der Waals surface area contributed by atoms with E-state index in [0.29, 0.717) is 23.1 Å². The lowest BCUT2D eigenvalue weighted by molar-refractivity contribution is -0.123. The second kappa shape index (κ2) is 6.36. The summed E-state index contributed by atoms with van der Waals surface area (Å²) in [6, 6.07) is 15.6. The number of amides is 2. The van der Waals surface area contributed by atoms with Crippen molar-refractivity contribution in [2.45, 2.75) is 18.8 Å². The van der Waals surface area contributed by atoms with Gasteiger partial charge in [-0.3, -0.25) is 9.59 Å². The van der Waals surface area contributed by atoms with Crippen molar-refractivity contribution in [3.63, 3.8) is 0 Å². The van der Waals surface area contributed by atoms with E-state index in [9.17, 15) is 9.59 Å². The zero-order chi connectivity index (χ0) is 19.4. The lowest BCUT2D eigenvalue weighted by atomic mass is 9.73. The van der Waals surface area contributed by atoms with E-state index in [0.717, 1.165) is 12.8 Å². The number of imide groups is 1. The molecule has 0 N–H and O–H groups in total. The fourth-order valence-corrected chi connectivity index (χ4v) is 5.75. The Labute approximate surface area is 164 Å². The van der Waals surface area contributed by atoms with Gasteiger partial charge in [0.1, 0.15) is 11.5 Å². The maximum Gasteiger partial charge on any atom is 0.238 e. The molecule has 2 aromatic carbocycles. The Balaban J connectivity index is 1.52. The van der Waals surface area contributed by atoms with E-state index in [1.54, 1.807) is 32.4 Å². The van der Waals surface area contributed by atoms with Gasteiger partial charge in [-0.1, -0.05) is 30.3 Å². The monoisotopic (exact) mass is 377 g/mol. The van der Waals surface area contributed by atoms with Crippen LogP contribution in [0.5, 0.6) is 11.5 Å². The van der Waals surface area contributed by atoms with Gasteiger partial charge in [0, 0.05) is 6.07 Å². The number of carbonyl (C=O) groups excluding carboxylic acids is 2. The van der Waals surface area contributed by atoms with Crippen LogP contribution in [0.25, 0.3) is 0 Å². The van der Waals surface area contributed by atoms with Gasteiger partial charge < -0.3 is 9.47 Å². The Hall–Kier alpha value is -2.82. The summed E-state index contributed by atoms with van der Waals surface area (Å²) in [6.07, 6.45) is 1.95. The molecule has 28 heavy (non-hydrogen) atoms. The largest absolute Gasteiger partial charge is 0.497 e. The Kier molecular flexibility index (Phi) is 3.93. The number of benzene rings is 2. The zero-order valence-corrected chi connectivity index (χ0v) is 16.0. The van der Waals surface area contributed by atoms with Crippen molar-refractivity contribution >= 4 is 17.5 Å². The van der Waals surface area contributed by atoms with Crippen molar-refractivity contribution in [3.8, 4) is 11.5 Å². The van der Waals surface area contributed by atoms with Crippen molar-refractivity contribution < 1.29 is 19.1 Å². The number of hydrogen-bond acceptors (Lipinski definition) is 4. The normalized spacial score (nSPS) is 30.6.